The van der Waals surface area contributed by atoms with Gasteiger partial charge in [0.25, 0.3) is 0 Å². The van der Waals surface area contributed by atoms with E-state index in [0.29, 0.717) is 22.7 Å². The Balaban J connectivity index is 1.60. The van der Waals surface area contributed by atoms with Crippen molar-refractivity contribution < 1.29 is 9.21 Å². The maximum Gasteiger partial charge on any atom is 0.419 e. The summed E-state index contributed by atoms with van der Waals surface area (Å²) in [6.45, 7) is 2.74. The van der Waals surface area contributed by atoms with E-state index < -0.39 is 5.76 Å². The number of amides is 1. The number of aryl methyl sites for hydroxylation is 1. The molecule has 0 spiro atoms. The topological polar surface area (TPSA) is 82.1 Å². The first-order valence-electron chi connectivity index (χ1n) is 7.58. The van der Waals surface area contributed by atoms with Crippen molar-refractivity contribution in [3.05, 3.63) is 52.2 Å². The molecule has 3 aromatic rings. The molecule has 0 saturated heterocycles. The molecule has 126 valence electrons. The van der Waals surface area contributed by atoms with Crippen molar-refractivity contribution in [3.63, 3.8) is 0 Å². The van der Waals surface area contributed by atoms with Crippen LogP contribution in [-0.4, -0.2) is 26.3 Å². The average molecular weight is 349 g/mol. The van der Waals surface area contributed by atoms with Crippen LogP contribution in [0.3, 0.4) is 0 Å². The fourth-order valence-electron chi connectivity index (χ4n) is 2.55. The van der Waals surface area contributed by atoms with E-state index in [2.05, 4.69) is 10.4 Å². The van der Waals surface area contributed by atoms with E-state index in [0.717, 1.165) is 0 Å². The molecule has 1 atom stereocenters. The number of aromatic nitrogens is 3. The van der Waals surface area contributed by atoms with E-state index in [1.807, 2.05) is 19.2 Å². The number of oxazole rings is 1. The van der Waals surface area contributed by atoms with Crippen LogP contribution in [0.25, 0.3) is 11.1 Å². The number of carbonyl (C=O) groups is 1. The number of fused-ring (bicyclic) bond motifs is 1. The van der Waals surface area contributed by atoms with Gasteiger partial charge in [-0.2, -0.15) is 5.10 Å². The molecule has 1 aromatic carbocycles. The van der Waals surface area contributed by atoms with Gasteiger partial charge in [-0.05, 0) is 25.1 Å². The van der Waals surface area contributed by atoms with Crippen LogP contribution in [0.2, 0.25) is 5.02 Å². The van der Waals surface area contributed by atoms with Crippen molar-refractivity contribution in [1.29, 1.82) is 0 Å². The molecule has 0 unspecified atom stereocenters. The maximum atomic E-state index is 12.1. The van der Waals surface area contributed by atoms with Gasteiger partial charge in [0.1, 0.15) is 0 Å². The van der Waals surface area contributed by atoms with Gasteiger partial charge < -0.3 is 9.73 Å². The summed E-state index contributed by atoms with van der Waals surface area (Å²) in [5.74, 6) is -0.630. The normalized spacial score (nSPS) is 12.4. The van der Waals surface area contributed by atoms with Crippen molar-refractivity contribution in [2.45, 2.75) is 32.5 Å². The Hall–Kier alpha value is -2.54. The highest BCUT2D eigenvalue weighted by Crippen LogP contribution is 2.18. The molecule has 24 heavy (non-hydrogen) atoms. The highest BCUT2D eigenvalue weighted by Gasteiger charge is 2.13. The van der Waals surface area contributed by atoms with E-state index in [1.54, 1.807) is 29.1 Å². The number of hydrogen-bond donors (Lipinski definition) is 1. The molecule has 3 rings (SSSR count). The second kappa shape index (κ2) is 6.92. The first kappa shape index (κ1) is 16.3. The van der Waals surface area contributed by atoms with Crippen LogP contribution >= 0.6 is 11.6 Å². The Bertz CT molecular complexity index is 898. The molecule has 8 heteroatoms. The van der Waals surface area contributed by atoms with E-state index >= 15 is 0 Å². The predicted molar refractivity (Wildman–Crippen MR) is 89.9 cm³/mol. The van der Waals surface area contributed by atoms with Crippen LogP contribution in [0.4, 0.5) is 0 Å². The number of carbonyl (C=O) groups excluding carboxylic acids is 1. The summed E-state index contributed by atoms with van der Waals surface area (Å²) in [6.07, 6.45) is 3.71. The summed E-state index contributed by atoms with van der Waals surface area (Å²) in [6, 6.07) is 6.75. The van der Waals surface area contributed by atoms with Crippen molar-refractivity contribution in [2.75, 3.05) is 0 Å². The lowest BCUT2D eigenvalue weighted by Crippen LogP contribution is -2.36. The third-order valence-electron chi connectivity index (χ3n) is 3.62. The molecule has 2 heterocycles. The van der Waals surface area contributed by atoms with E-state index in [4.69, 9.17) is 16.0 Å². The number of halogens is 1. The quantitative estimate of drug-likeness (QED) is 0.739. The number of nitrogens with zero attached hydrogens (tertiary/aromatic N) is 3. The van der Waals surface area contributed by atoms with Crippen LogP contribution < -0.4 is 11.1 Å². The zero-order valence-electron chi connectivity index (χ0n) is 13.1. The van der Waals surface area contributed by atoms with E-state index in [-0.39, 0.29) is 24.9 Å². The van der Waals surface area contributed by atoms with Crippen LogP contribution in [0.15, 0.2) is 45.9 Å². The van der Waals surface area contributed by atoms with Gasteiger partial charge in [-0.25, -0.2) is 4.79 Å². The molecule has 1 N–H and O–H groups in total. The standard InChI is InChI=1S/C16H17ClN4O3/c1-11(10-20-7-2-6-18-20)19-15(22)5-8-21-13-4-3-12(17)9-14(13)24-16(21)23/h2-4,6-7,9,11H,5,8,10H2,1H3,(H,19,22)/t11-/m1/s1. The fraction of sp³-hybridized carbons (Fsp3) is 0.312. The second-order valence-electron chi connectivity index (χ2n) is 5.58. The number of rotatable bonds is 6. The lowest BCUT2D eigenvalue weighted by molar-refractivity contribution is -0.122. The lowest BCUT2D eigenvalue weighted by Gasteiger charge is -2.14. The minimum Gasteiger partial charge on any atom is -0.408 e. The molecule has 0 fully saturated rings. The molecule has 0 aliphatic rings. The number of hydrogen-bond acceptors (Lipinski definition) is 4. The third kappa shape index (κ3) is 3.68. The number of nitrogens with one attached hydrogen (secondary N) is 1. The maximum absolute atomic E-state index is 12.1. The van der Waals surface area contributed by atoms with Crippen LogP contribution in [0, 0.1) is 0 Å². The summed E-state index contributed by atoms with van der Waals surface area (Å²) in [5.41, 5.74) is 1.04. The zero-order valence-corrected chi connectivity index (χ0v) is 13.9. The third-order valence-corrected chi connectivity index (χ3v) is 3.86. The van der Waals surface area contributed by atoms with Gasteiger partial charge in [0.2, 0.25) is 5.91 Å². The minimum atomic E-state index is -0.496. The predicted octanol–water partition coefficient (Wildman–Crippen LogP) is 2.04. The molecule has 7 nitrogen and oxygen atoms in total. The first-order valence-corrected chi connectivity index (χ1v) is 7.96. The molecule has 0 saturated carbocycles. The molecule has 0 bridgehead atoms. The highest BCUT2D eigenvalue weighted by molar-refractivity contribution is 6.31. The van der Waals surface area contributed by atoms with E-state index in [9.17, 15) is 9.59 Å². The number of benzene rings is 1. The molecule has 0 aliphatic heterocycles. The molecular weight excluding hydrogens is 332 g/mol. The van der Waals surface area contributed by atoms with Gasteiger partial charge >= 0.3 is 5.76 Å². The largest absolute Gasteiger partial charge is 0.419 e. The summed E-state index contributed by atoms with van der Waals surface area (Å²) in [5, 5.41) is 7.48. The second-order valence-corrected chi connectivity index (χ2v) is 6.01. The van der Waals surface area contributed by atoms with Gasteiger partial charge in [0.15, 0.2) is 5.58 Å². The Morgan fingerprint density at radius 1 is 1.46 bits per heavy atom. The fourth-order valence-corrected chi connectivity index (χ4v) is 2.71. The van der Waals surface area contributed by atoms with Crippen molar-refractivity contribution in [3.8, 4) is 0 Å². The average Bonchev–Trinajstić information content (AvgIpc) is 3.11. The Morgan fingerprint density at radius 3 is 3.04 bits per heavy atom. The summed E-state index contributed by atoms with van der Waals surface area (Å²) in [4.78, 5) is 24.0. The molecule has 0 radical (unpaired) electrons. The summed E-state index contributed by atoms with van der Waals surface area (Å²) >= 11 is 5.88. The van der Waals surface area contributed by atoms with Gasteiger partial charge in [0, 0.05) is 42.5 Å². The lowest BCUT2D eigenvalue weighted by atomic mass is 10.3. The highest BCUT2D eigenvalue weighted by atomic mass is 35.5. The molecule has 1 amide bonds. The van der Waals surface area contributed by atoms with Gasteiger partial charge in [-0.1, -0.05) is 11.6 Å². The van der Waals surface area contributed by atoms with Gasteiger partial charge in [-0.3, -0.25) is 14.0 Å². The summed E-state index contributed by atoms with van der Waals surface area (Å²) < 4.78 is 8.33. The first-order chi connectivity index (χ1) is 11.5. The van der Waals surface area contributed by atoms with Crippen molar-refractivity contribution >= 4 is 28.6 Å². The Kier molecular flexibility index (Phi) is 4.71. The minimum absolute atomic E-state index is 0.0611. The SMILES string of the molecule is C[C@H](Cn1cccn1)NC(=O)CCn1c(=O)oc2cc(Cl)ccc21. The Labute approximate surface area is 142 Å². The molecular formula is C16H17ClN4O3. The van der Waals surface area contributed by atoms with Crippen molar-refractivity contribution in [1.82, 2.24) is 19.7 Å². The van der Waals surface area contributed by atoms with Gasteiger partial charge in [-0.15, -0.1) is 0 Å². The summed E-state index contributed by atoms with van der Waals surface area (Å²) in [7, 11) is 0. The van der Waals surface area contributed by atoms with Crippen molar-refractivity contribution in [2.24, 2.45) is 0 Å². The molecule has 2 aromatic heterocycles. The van der Waals surface area contributed by atoms with Crippen LogP contribution in [-0.2, 0) is 17.9 Å². The van der Waals surface area contributed by atoms with Crippen LogP contribution in [0.5, 0.6) is 0 Å². The smallest absolute Gasteiger partial charge is 0.408 e. The monoisotopic (exact) mass is 348 g/mol. The molecule has 0 aliphatic carbocycles. The van der Waals surface area contributed by atoms with E-state index in [1.165, 1.54) is 4.57 Å². The van der Waals surface area contributed by atoms with Gasteiger partial charge in [0.05, 0.1) is 12.1 Å². The van der Waals surface area contributed by atoms with Crippen LogP contribution in [0.1, 0.15) is 13.3 Å². The zero-order chi connectivity index (χ0) is 17.1. The Morgan fingerprint density at radius 2 is 2.29 bits per heavy atom.